The minimum absolute atomic E-state index is 0.193. The highest BCUT2D eigenvalue weighted by molar-refractivity contribution is 5.24. The van der Waals surface area contributed by atoms with Crippen LogP contribution < -0.4 is 11.4 Å². The smallest absolute Gasteiger partial charge is 0.351 e. The second-order valence-corrected chi connectivity index (χ2v) is 4.28. The van der Waals surface area contributed by atoms with Crippen LogP contribution in [0.1, 0.15) is 6.23 Å². The van der Waals surface area contributed by atoms with Crippen LogP contribution in [-0.2, 0) is 4.74 Å². The molecular formula is C9H10F2N6O4. The molecule has 4 N–H and O–H groups in total. The van der Waals surface area contributed by atoms with Gasteiger partial charge in [0.25, 0.3) is 0 Å². The zero-order chi connectivity index (χ0) is 15.8. The molecule has 1 aromatic rings. The van der Waals surface area contributed by atoms with Gasteiger partial charge in [-0.25, -0.2) is 4.79 Å². The summed E-state index contributed by atoms with van der Waals surface area (Å²) in [5.74, 6) is -4.21. The predicted molar refractivity (Wildman–Crippen MR) is 62.9 cm³/mol. The van der Waals surface area contributed by atoms with Crippen LogP contribution in [0.2, 0.25) is 0 Å². The minimum Gasteiger partial charge on any atom is -0.393 e. The number of halogens is 2. The van der Waals surface area contributed by atoms with E-state index in [1.807, 2.05) is 0 Å². The third-order valence-electron chi connectivity index (χ3n) is 2.98. The molecule has 2 heterocycles. The maximum atomic E-state index is 14.1. The fourth-order valence-electron chi connectivity index (χ4n) is 1.93. The van der Waals surface area contributed by atoms with Crippen molar-refractivity contribution in [3.63, 3.8) is 0 Å². The molecule has 0 bridgehead atoms. The Morgan fingerprint density at radius 2 is 2.33 bits per heavy atom. The molecule has 0 radical (unpaired) electrons. The normalized spacial score (nSPS) is 30.9. The molecular weight excluding hydrogens is 294 g/mol. The Balaban J connectivity index is 2.55. The van der Waals surface area contributed by atoms with Crippen LogP contribution in [0.4, 0.5) is 14.6 Å². The topological polar surface area (TPSA) is 159 Å². The van der Waals surface area contributed by atoms with Gasteiger partial charge in [-0.15, -0.1) is 0 Å². The summed E-state index contributed by atoms with van der Waals surface area (Å²) in [5, 5.41) is 21.6. The highest BCUT2D eigenvalue weighted by Crippen LogP contribution is 2.48. The zero-order valence-electron chi connectivity index (χ0n) is 10.3. The van der Waals surface area contributed by atoms with Gasteiger partial charge in [-0.1, -0.05) is 5.11 Å². The number of rotatable bonds is 3. The fraction of sp³-hybridized carbons (Fsp3) is 0.556. The molecule has 1 aliphatic heterocycles. The van der Waals surface area contributed by atoms with Gasteiger partial charge in [-0.3, -0.25) is 4.57 Å². The molecule has 1 fully saturated rings. The Kier molecular flexibility index (Phi) is 3.55. The zero-order valence-corrected chi connectivity index (χ0v) is 10.3. The number of azide groups is 1. The third kappa shape index (κ3) is 2.19. The predicted octanol–water partition coefficient (Wildman–Crippen LogP) is -0.651. The number of aromatic nitrogens is 2. The lowest BCUT2D eigenvalue weighted by molar-refractivity contribution is -0.144. The Hall–Kier alpha value is -2.27. The van der Waals surface area contributed by atoms with Gasteiger partial charge in [0.05, 0.1) is 6.61 Å². The quantitative estimate of drug-likeness (QED) is 0.382. The molecule has 12 heteroatoms. The standard InChI is InChI=1S/C9H10F2N6O4/c10-9(11)5(19)8(3-18,15-16-13)21-6(9)17-2-1-4(12)14-7(17)20/h1-2,5-6,18-19H,3H2,(H2,12,14,20)/t5?,6?,8-/m1/s1. The van der Waals surface area contributed by atoms with Gasteiger partial charge < -0.3 is 20.7 Å². The number of alkyl halides is 2. The molecule has 114 valence electrons. The molecule has 0 aliphatic carbocycles. The Bertz CT molecular complexity index is 660. The number of nitrogen functional groups attached to an aromatic ring is 1. The number of nitrogens with zero attached hydrogens (tertiary/aromatic N) is 5. The van der Waals surface area contributed by atoms with Crippen LogP contribution in [-0.4, -0.2) is 44.1 Å². The van der Waals surface area contributed by atoms with Gasteiger partial charge in [0.1, 0.15) is 5.82 Å². The van der Waals surface area contributed by atoms with Crippen molar-refractivity contribution < 1.29 is 23.7 Å². The lowest BCUT2D eigenvalue weighted by Crippen LogP contribution is -2.47. The van der Waals surface area contributed by atoms with Crippen molar-refractivity contribution in [3.8, 4) is 0 Å². The molecule has 2 unspecified atom stereocenters. The summed E-state index contributed by atoms with van der Waals surface area (Å²) in [6.07, 6.45) is -4.08. The summed E-state index contributed by atoms with van der Waals surface area (Å²) in [6.45, 7) is -1.21. The van der Waals surface area contributed by atoms with Gasteiger partial charge in [-0.05, 0) is 11.6 Å². The average molecular weight is 304 g/mol. The second-order valence-electron chi connectivity index (χ2n) is 4.28. The van der Waals surface area contributed by atoms with E-state index in [4.69, 9.17) is 21.1 Å². The first-order valence-corrected chi connectivity index (χ1v) is 5.54. The molecule has 0 aromatic carbocycles. The molecule has 0 spiro atoms. The van der Waals surface area contributed by atoms with E-state index in [1.165, 1.54) is 0 Å². The van der Waals surface area contributed by atoms with E-state index in [2.05, 4.69) is 15.0 Å². The van der Waals surface area contributed by atoms with Crippen LogP contribution in [0.15, 0.2) is 22.2 Å². The van der Waals surface area contributed by atoms with Crippen LogP contribution >= 0.6 is 0 Å². The van der Waals surface area contributed by atoms with Gasteiger partial charge in [0.15, 0.2) is 6.10 Å². The van der Waals surface area contributed by atoms with Crippen molar-refractivity contribution in [1.29, 1.82) is 0 Å². The van der Waals surface area contributed by atoms with E-state index in [-0.39, 0.29) is 5.82 Å². The molecule has 0 saturated carbocycles. The molecule has 3 atom stereocenters. The van der Waals surface area contributed by atoms with E-state index in [1.54, 1.807) is 0 Å². The summed E-state index contributed by atoms with van der Waals surface area (Å²) in [6, 6.07) is 1.07. The van der Waals surface area contributed by atoms with Crippen molar-refractivity contribution in [1.82, 2.24) is 9.55 Å². The van der Waals surface area contributed by atoms with E-state index in [0.717, 1.165) is 12.3 Å². The van der Waals surface area contributed by atoms with E-state index in [0.29, 0.717) is 4.57 Å². The molecule has 0 amide bonds. The lowest BCUT2D eigenvalue weighted by Gasteiger charge is -2.23. The summed E-state index contributed by atoms with van der Waals surface area (Å²) in [4.78, 5) is 17.1. The minimum atomic E-state index is -4.02. The van der Waals surface area contributed by atoms with Crippen LogP contribution in [0.25, 0.3) is 10.4 Å². The first-order valence-electron chi connectivity index (χ1n) is 5.54. The van der Waals surface area contributed by atoms with E-state index < -0.39 is 36.3 Å². The summed E-state index contributed by atoms with van der Waals surface area (Å²) in [5.41, 5.74) is 9.85. The fourth-order valence-corrected chi connectivity index (χ4v) is 1.93. The number of hydrogen-bond acceptors (Lipinski definition) is 7. The first-order chi connectivity index (χ1) is 9.78. The number of aliphatic hydroxyl groups excluding tert-OH is 2. The van der Waals surface area contributed by atoms with Crippen molar-refractivity contribution in [3.05, 3.63) is 33.2 Å². The number of hydrogen-bond donors (Lipinski definition) is 3. The maximum Gasteiger partial charge on any atom is 0.351 e. The molecule has 1 aromatic heterocycles. The van der Waals surface area contributed by atoms with Gasteiger partial charge in [-0.2, -0.15) is 13.8 Å². The second kappa shape index (κ2) is 4.93. The largest absolute Gasteiger partial charge is 0.393 e. The number of nitrogens with two attached hydrogens (primary N) is 1. The van der Waals surface area contributed by atoms with E-state index in [9.17, 15) is 18.7 Å². The van der Waals surface area contributed by atoms with E-state index >= 15 is 0 Å². The van der Waals surface area contributed by atoms with Crippen LogP contribution in [0.3, 0.4) is 0 Å². The first kappa shape index (κ1) is 15.1. The highest BCUT2D eigenvalue weighted by atomic mass is 19.3. The molecule has 21 heavy (non-hydrogen) atoms. The van der Waals surface area contributed by atoms with Gasteiger partial charge in [0.2, 0.25) is 12.0 Å². The summed E-state index contributed by atoms with van der Waals surface area (Å²) < 4.78 is 33.3. The number of aliphatic hydroxyl groups is 2. The molecule has 1 saturated heterocycles. The Morgan fingerprint density at radius 1 is 1.67 bits per heavy atom. The third-order valence-corrected chi connectivity index (χ3v) is 2.98. The number of anilines is 1. The molecule has 10 nitrogen and oxygen atoms in total. The van der Waals surface area contributed by atoms with Gasteiger partial charge in [0, 0.05) is 11.1 Å². The summed E-state index contributed by atoms with van der Waals surface area (Å²) >= 11 is 0. The number of ether oxygens (including phenoxy) is 1. The van der Waals surface area contributed by atoms with Crippen LogP contribution in [0.5, 0.6) is 0 Å². The molecule has 1 aliphatic rings. The van der Waals surface area contributed by atoms with Crippen molar-refractivity contribution >= 4 is 5.82 Å². The van der Waals surface area contributed by atoms with Gasteiger partial charge >= 0.3 is 11.6 Å². The van der Waals surface area contributed by atoms with Crippen molar-refractivity contribution in [2.75, 3.05) is 12.3 Å². The SMILES string of the molecule is [N-]=[N+]=N[C@]1(CO)OC(n2ccc(N)nc2=O)C(F)(F)C1O. The van der Waals surface area contributed by atoms with Crippen molar-refractivity contribution in [2.45, 2.75) is 24.0 Å². The average Bonchev–Trinajstić information content (AvgIpc) is 2.61. The maximum absolute atomic E-state index is 14.1. The Morgan fingerprint density at radius 3 is 2.86 bits per heavy atom. The van der Waals surface area contributed by atoms with Crippen LogP contribution in [0, 0.1) is 0 Å². The highest BCUT2D eigenvalue weighted by Gasteiger charge is 2.67. The Labute approximate surface area is 115 Å². The van der Waals surface area contributed by atoms with Crippen molar-refractivity contribution in [2.24, 2.45) is 5.11 Å². The summed E-state index contributed by atoms with van der Waals surface area (Å²) in [7, 11) is 0. The molecule has 2 rings (SSSR count). The monoisotopic (exact) mass is 304 g/mol. The lowest BCUT2D eigenvalue weighted by atomic mass is 10.1.